The van der Waals surface area contributed by atoms with Crippen LogP contribution in [0.2, 0.25) is 0 Å². The Kier molecular flexibility index (Phi) is 1.71. The Morgan fingerprint density at radius 1 is 1.25 bits per heavy atom. The van der Waals surface area contributed by atoms with Crippen LogP contribution in [0.3, 0.4) is 0 Å². The van der Waals surface area contributed by atoms with Gasteiger partial charge in [-0.15, -0.1) is 11.3 Å². The summed E-state index contributed by atoms with van der Waals surface area (Å²) in [5.41, 5.74) is 9.00. The van der Waals surface area contributed by atoms with Crippen molar-refractivity contribution in [3.8, 4) is 11.3 Å². The van der Waals surface area contributed by atoms with Crippen LogP contribution in [0.5, 0.6) is 0 Å². The zero-order valence-corrected chi connectivity index (χ0v) is 6.95. The standard InChI is InChI=1S/C7H6N4S/c8-7-6(11-4-12-7)5-1-9-3-10-2-5/h1-4H,8H2. The molecule has 2 heterocycles. The van der Waals surface area contributed by atoms with Gasteiger partial charge in [-0.2, -0.15) is 0 Å². The largest absolute Gasteiger partial charge is 0.389 e. The van der Waals surface area contributed by atoms with Gasteiger partial charge in [-0.3, -0.25) is 0 Å². The lowest BCUT2D eigenvalue weighted by molar-refractivity contribution is 1.16. The molecule has 0 aliphatic carbocycles. The van der Waals surface area contributed by atoms with Gasteiger partial charge in [0.25, 0.3) is 0 Å². The number of nitrogen functional groups attached to an aromatic ring is 1. The van der Waals surface area contributed by atoms with Gasteiger partial charge >= 0.3 is 0 Å². The molecule has 0 aliphatic heterocycles. The highest BCUT2D eigenvalue weighted by molar-refractivity contribution is 7.14. The number of rotatable bonds is 1. The number of aromatic nitrogens is 3. The van der Waals surface area contributed by atoms with Gasteiger partial charge in [0.1, 0.15) is 17.0 Å². The Labute approximate surface area is 73.1 Å². The van der Waals surface area contributed by atoms with E-state index in [0.29, 0.717) is 5.00 Å². The van der Waals surface area contributed by atoms with Crippen LogP contribution in [0.4, 0.5) is 5.00 Å². The third kappa shape index (κ3) is 1.14. The number of hydrogen-bond donors (Lipinski definition) is 1. The minimum absolute atomic E-state index is 0.699. The van der Waals surface area contributed by atoms with E-state index in [2.05, 4.69) is 15.0 Å². The van der Waals surface area contributed by atoms with E-state index in [-0.39, 0.29) is 0 Å². The van der Waals surface area contributed by atoms with Crippen molar-refractivity contribution in [3.63, 3.8) is 0 Å². The van der Waals surface area contributed by atoms with Gasteiger partial charge < -0.3 is 5.73 Å². The van der Waals surface area contributed by atoms with Gasteiger partial charge in [0, 0.05) is 18.0 Å². The average molecular weight is 178 g/mol. The second-order valence-electron chi connectivity index (χ2n) is 2.19. The molecule has 0 saturated carbocycles. The zero-order valence-electron chi connectivity index (χ0n) is 6.14. The minimum Gasteiger partial charge on any atom is -0.389 e. The fraction of sp³-hybridized carbons (Fsp3) is 0. The fourth-order valence-corrected chi connectivity index (χ4v) is 1.45. The fourth-order valence-electron chi connectivity index (χ4n) is 0.893. The summed E-state index contributed by atoms with van der Waals surface area (Å²) in [7, 11) is 0. The van der Waals surface area contributed by atoms with E-state index in [0.717, 1.165) is 11.3 Å². The Morgan fingerprint density at radius 2 is 2.00 bits per heavy atom. The van der Waals surface area contributed by atoms with Gasteiger partial charge in [-0.25, -0.2) is 15.0 Å². The van der Waals surface area contributed by atoms with E-state index < -0.39 is 0 Å². The van der Waals surface area contributed by atoms with Crippen molar-refractivity contribution in [2.45, 2.75) is 0 Å². The molecule has 4 nitrogen and oxygen atoms in total. The van der Waals surface area contributed by atoms with Crippen LogP contribution >= 0.6 is 11.3 Å². The van der Waals surface area contributed by atoms with Gasteiger partial charge in [0.15, 0.2) is 0 Å². The van der Waals surface area contributed by atoms with Crippen molar-refractivity contribution < 1.29 is 0 Å². The molecule has 60 valence electrons. The van der Waals surface area contributed by atoms with E-state index in [1.54, 1.807) is 17.9 Å². The summed E-state index contributed by atoms with van der Waals surface area (Å²) in [6.45, 7) is 0. The maximum Gasteiger partial charge on any atom is 0.115 e. The first-order valence-electron chi connectivity index (χ1n) is 3.32. The molecular formula is C7H6N4S. The van der Waals surface area contributed by atoms with Gasteiger partial charge in [-0.05, 0) is 0 Å². The number of nitrogens with zero attached hydrogens (tertiary/aromatic N) is 3. The smallest absolute Gasteiger partial charge is 0.115 e. The monoisotopic (exact) mass is 178 g/mol. The van der Waals surface area contributed by atoms with Crippen molar-refractivity contribution in [3.05, 3.63) is 24.2 Å². The first kappa shape index (κ1) is 7.17. The minimum atomic E-state index is 0.699. The highest BCUT2D eigenvalue weighted by atomic mass is 32.1. The van der Waals surface area contributed by atoms with Crippen molar-refractivity contribution in [1.29, 1.82) is 0 Å². The lowest BCUT2D eigenvalue weighted by atomic mass is 10.2. The van der Waals surface area contributed by atoms with Crippen LogP contribution in [-0.2, 0) is 0 Å². The van der Waals surface area contributed by atoms with E-state index in [9.17, 15) is 0 Å². The zero-order chi connectivity index (χ0) is 8.39. The van der Waals surface area contributed by atoms with E-state index >= 15 is 0 Å². The molecule has 0 radical (unpaired) electrons. The van der Waals surface area contributed by atoms with Crippen molar-refractivity contribution in [2.24, 2.45) is 0 Å². The second kappa shape index (κ2) is 2.86. The summed E-state index contributed by atoms with van der Waals surface area (Å²) in [6, 6.07) is 0. The first-order valence-corrected chi connectivity index (χ1v) is 4.20. The third-order valence-electron chi connectivity index (χ3n) is 1.43. The van der Waals surface area contributed by atoms with Crippen molar-refractivity contribution in [1.82, 2.24) is 15.0 Å². The molecule has 12 heavy (non-hydrogen) atoms. The molecule has 0 amide bonds. The molecular weight excluding hydrogens is 172 g/mol. The number of anilines is 1. The van der Waals surface area contributed by atoms with Crippen LogP contribution in [0.15, 0.2) is 24.2 Å². The quantitative estimate of drug-likeness (QED) is 0.712. The summed E-state index contributed by atoms with van der Waals surface area (Å²) < 4.78 is 0. The number of nitrogens with two attached hydrogens (primary N) is 1. The molecule has 0 atom stereocenters. The summed E-state index contributed by atoms with van der Waals surface area (Å²) in [6.07, 6.45) is 4.86. The summed E-state index contributed by atoms with van der Waals surface area (Å²) in [5.74, 6) is 0. The second-order valence-corrected chi connectivity index (χ2v) is 3.08. The van der Waals surface area contributed by atoms with Crippen molar-refractivity contribution >= 4 is 16.3 Å². The van der Waals surface area contributed by atoms with Crippen molar-refractivity contribution in [2.75, 3.05) is 5.73 Å². The highest BCUT2D eigenvalue weighted by Gasteiger charge is 2.04. The van der Waals surface area contributed by atoms with E-state index in [4.69, 9.17) is 5.73 Å². The van der Waals surface area contributed by atoms with Crippen LogP contribution in [0.1, 0.15) is 0 Å². The molecule has 0 aliphatic rings. The molecule has 2 rings (SSSR count). The predicted octanol–water partition coefficient (Wildman–Crippen LogP) is 1.18. The molecule has 5 heteroatoms. The SMILES string of the molecule is Nc1scnc1-c1cncnc1. The lowest BCUT2D eigenvalue weighted by Gasteiger charge is -1.94. The van der Waals surface area contributed by atoms with Crippen LogP contribution < -0.4 is 5.73 Å². The highest BCUT2D eigenvalue weighted by Crippen LogP contribution is 2.25. The normalized spacial score (nSPS) is 10.0. The summed E-state index contributed by atoms with van der Waals surface area (Å²) in [4.78, 5) is 11.9. The Morgan fingerprint density at radius 3 is 2.58 bits per heavy atom. The Bertz CT molecular complexity index is 370. The molecule has 0 aromatic carbocycles. The summed E-state index contributed by atoms with van der Waals surface area (Å²) in [5, 5.41) is 0.699. The van der Waals surface area contributed by atoms with Gasteiger partial charge in [-0.1, -0.05) is 0 Å². The third-order valence-corrected chi connectivity index (χ3v) is 2.09. The maximum atomic E-state index is 5.67. The van der Waals surface area contributed by atoms with E-state index in [1.165, 1.54) is 17.7 Å². The average Bonchev–Trinajstić information content (AvgIpc) is 2.53. The molecule has 2 aromatic heterocycles. The molecule has 0 bridgehead atoms. The topological polar surface area (TPSA) is 64.7 Å². The van der Waals surface area contributed by atoms with Gasteiger partial charge in [0.2, 0.25) is 0 Å². The predicted molar refractivity (Wildman–Crippen MR) is 47.6 cm³/mol. The molecule has 0 saturated heterocycles. The number of hydrogen-bond acceptors (Lipinski definition) is 5. The van der Waals surface area contributed by atoms with Crippen LogP contribution in [0, 0.1) is 0 Å². The lowest BCUT2D eigenvalue weighted by Crippen LogP contribution is -1.87. The van der Waals surface area contributed by atoms with Crippen LogP contribution in [0.25, 0.3) is 11.3 Å². The molecule has 0 fully saturated rings. The van der Waals surface area contributed by atoms with E-state index in [1.807, 2.05) is 0 Å². The van der Waals surface area contributed by atoms with Gasteiger partial charge in [0.05, 0.1) is 5.51 Å². The molecule has 2 N–H and O–H groups in total. The molecule has 2 aromatic rings. The molecule has 0 unspecified atom stereocenters. The number of thiazole rings is 1. The Hall–Kier alpha value is -1.49. The maximum absolute atomic E-state index is 5.67. The first-order chi connectivity index (χ1) is 5.88. The van der Waals surface area contributed by atoms with Crippen LogP contribution in [-0.4, -0.2) is 15.0 Å². The molecule has 0 spiro atoms. The Balaban J connectivity index is 2.51. The summed E-state index contributed by atoms with van der Waals surface area (Å²) >= 11 is 1.41.